The van der Waals surface area contributed by atoms with Crippen molar-refractivity contribution >= 4 is 23.4 Å². The molecule has 0 bridgehead atoms. The van der Waals surface area contributed by atoms with Gasteiger partial charge in [-0.1, -0.05) is 11.8 Å². The van der Waals surface area contributed by atoms with Crippen LogP contribution in [0.25, 0.3) is 0 Å². The third-order valence-electron chi connectivity index (χ3n) is 3.93. The quantitative estimate of drug-likeness (QED) is 0.375. The van der Waals surface area contributed by atoms with E-state index in [0.717, 1.165) is 17.8 Å². The van der Waals surface area contributed by atoms with Crippen LogP contribution in [-0.4, -0.2) is 31.8 Å². The van der Waals surface area contributed by atoms with Crippen LogP contribution in [0.5, 0.6) is 0 Å². The van der Waals surface area contributed by atoms with E-state index in [2.05, 4.69) is 25.5 Å². The van der Waals surface area contributed by atoms with E-state index in [9.17, 15) is 27.6 Å². The van der Waals surface area contributed by atoms with Crippen LogP contribution in [-0.2, 0) is 17.6 Å². The zero-order chi connectivity index (χ0) is 21.8. The number of H-pyrrole nitrogens is 2. The molecule has 1 amide bonds. The molecule has 0 saturated carbocycles. The Morgan fingerprint density at radius 3 is 2.63 bits per heavy atom. The number of hydrogen-bond acceptors (Lipinski definition) is 7. The first-order valence-electron chi connectivity index (χ1n) is 8.45. The molecule has 0 aliphatic rings. The number of hydrogen-bond donors (Lipinski definition) is 3. The van der Waals surface area contributed by atoms with Crippen LogP contribution in [0, 0.1) is 24.4 Å². The molecule has 3 rings (SSSR count). The van der Waals surface area contributed by atoms with Gasteiger partial charge in [0, 0.05) is 17.7 Å². The van der Waals surface area contributed by atoms with Crippen molar-refractivity contribution in [3.8, 4) is 0 Å². The smallest absolute Gasteiger partial charge is 0.325 e. The first-order valence-corrected chi connectivity index (χ1v) is 9.43. The molecule has 158 valence electrons. The number of aromatic nitrogens is 4. The highest BCUT2D eigenvalue weighted by atomic mass is 32.2. The molecule has 3 aromatic rings. The van der Waals surface area contributed by atoms with Gasteiger partial charge in [-0.3, -0.25) is 14.6 Å². The molecule has 30 heavy (non-hydrogen) atoms. The van der Waals surface area contributed by atoms with Gasteiger partial charge in [-0.2, -0.15) is 0 Å². The summed E-state index contributed by atoms with van der Waals surface area (Å²) in [6, 6.07) is 1.60. The maximum atomic E-state index is 13.6. The summed E-state index contributed by atoms with van der Waals surface area (Å²) < 4.78 is 45.0. The highest BCUT2D eigenvalue weighted by Crippen LogP contribution is 2.21. The number of amides is 1. The van der Waals surface area contributed by atoms with E-state index in [1.54, 1.807) is 6.92 Å². The van der Waals surface area contributed by atoms with Crippen LogP contribution < -0.4 is 16.6 Å². The maximum absolute atomic E-state index is 13.6. The second-order valence-corrected chi connectivity index (χ2v) is 6.96. The number of thioether (sulfide) groups is 1. The Morgan fingerprint density at radius 1 is 1.13 bits per heavy atom. The first-order chi connectivity index (χ1) is 14.2. The van der Waals surface area contributed by atoms with Crippen molar-refractivity contribution in [1.82, 2.24) is 20.2 Å². The molecular formula is C17H14F3N5O4S. The predicted molar refractivity (Wildman–Crippen MR) is 99.8 cm³/mol. The lowest BCUT2D eigenvalue weighted by Gasteiger charge is -2.06. The third-order valence-corrected chi connectivity index (χ3v) is 4.75. The summed E-state index contributed by atoms with van der Waals surface area (Å²) in [6.07, 6.45) is 0.454. The van der Waals surface area contributed by atoms with E-state index in [1.165, 1.54) is 0 Å². The van der Waals surface area contributed by atoms with E-state index in [4.69, 9.17) is 4.42 Å². The Labute approximate surface area is 170 Å². The van der Waals surface area contributed by atoms with Crippen molar-refractivity contribution in [1.29, 1.82) is 0 Å². The van der Waals surface area contributed by atoms with Gasteiger partial charge in [-0.05, 0) is 25.5 Å². The molecule has 2 heterocycles. The topological polar surface area (TPSA) is 134 Å². The molecule has 0 atom stereocenters. The second kappa shape index (κ2) is 8.98. The Kier molecular flexibility index (Phi) is 6.40. The van der Waals surface area contributed by atoms with E-state index >= 15 is 0 Å². The number of carbonyl (C=O) groups excluding carboxylic acids is 1. The van der Waals surface area contributed by atoms with Gasteiger partial charge in [0.15, 0.2) is 17.5 Å². The number of nitrogens with zero attached hydrogens (tertiary/aromatic N) is 2. The summed E-state index contributed by atoms with van der Waals surface area (Å²) in [7, 11) is 0. The van der Waals surface area contributed by atoms with Crippen LogP contribution in [0.4, 0.5) is 18.9 Å². The van der Waals surface area contributed by atoms with Crippen LogP contribution in [0.15, 0.2) is 31.4 Å². The van der Waals surface area contributed by atoms with E-state index in [1.807, 2.05) is 0 Å². The van der Waals surface area contributed by atoms with Crippen LogP contribution in [0.3, 0.4) is 0 Å². The fourth-order valence-corrected chi connectivity index (χ4v) is 3.07. The zero-order valence-corrected chi connectivity index (χ0v) is 16.2. The monoisotopic (exact) mass is 441 g/mol. The van der Waals surface area contributed by atoms with Crippen molar-refractivity contribution in [3.05, 3.63) is 67.6 Å². The van der Waals surface area contributed by atoms with Crippen LogP contribution in [0.2, 0.25) is 0 Å². The van der Waals surface area contributed by atoms with Gasteiger partial charge in [0.1, 0.15) is 0 Å². The summed E-state index contributed by atoms with van der Waals surface area (Å²) in [5.41, 5.74) is -0.799. The molecular weight excluding hydrogens is 427 g/mol. The van der Waals surface area contributed by atoms with Gasteiger partial charge >= 0.3 is 5.69 Å². The Bertz CT molecular complexity index is 1210. The largest absolute Gasteiger partial charge is 0.416 e. The first kappa shape index (κ1) is 21.4. The molecule has 0 saturated heterocycles. The van der Waals surface area contributed by atoms with Crippen LogP contribution >= 0.6 is 11.8 Å². The Hall–Kier alpha value is -3.35. The molecule has 0 radical (unpaired) electrons. The summed E-state index contributed by atoms with van der Waals surface area (Å²) in [5.74, 6) is -5.29. The van der Waals surface area contributed by atoms with Gasteiger partial charge in [0.25, 0.3) is 10.8 Å². The minimum atomic E-state index is -1.68. The lowest BCUT2D eigenvalue weighted by atomic mass is 10.1. The average Bonchev–Trinajstić information content (AvgIpc) is 3.14. The van der Waals surface area contributed by atoms with Gasteiger partial charge in [0.2, 0.25) is 11.8 Å². The van der Waals surface area contributed by atoms with Gasteiger partial charge in [-0.25, -0.2) is 18.0 Å². The number of aryl methyl sites for hydroxylation is 2. The molecule has 0 aliphatic heterocycles. The zero-order valence-electron chi connectivity index (χ0n) is 15.3. The fraction of sp³-hybridized carbons (Fsp3) is 0.235. The minimum absolute atomic E-state index is 0.0537. The Balaban J connectivity index is 1.55. The summed E-state index contributed by atoms with van der Waals surface area (Å²) >= 11 is 0.854. The van der Waals surface area contributed by atoms with E-state index in [0.29, 0.717) is 17.3 Å². The molecule has 13 heteroatoms. The summed E-state index contributed by atoms with van der Waals surface area (Å²) in [4.78, 5) is 39.5. The van der Waals surface area contributed by atoms with Crippen molar-refractivity contribution < 1.29 is 22.4 Å². The highest BCUT2D eigenvalue weighted by Gasteiger charge is 2.16. The van der Waals surface area contributed by atoms with Crippen molar-refractivity contribution in [2.24, 2.45) is 0 Å². The standard InChI is InChI=1S/C17H14F3N5O4S/c1-7-8(15(27)23-16(28)21-7)2-5-12-24-25-17(29-12)30-6-11(26)22-10-4-3-9(18)13(19)14(10)20/h3-4H,2,5-6H2,1H3,(H,22,26)(H2,21,23,27,28). The third kappa shape index (κ3) is 4.97. The summed E-state index contributed by atoms with van der Waals surface area (Å²) in [6.45, 7) is 1.59. The van der Waals surface area contributed by atoms with Gasteiger partial charge in [0.05, 0.1) is 11.4 Å². The number of anilines is 1. The molecule has 0 fully saturated rings. The number of benzene rings is 1. The number of carbonyl (C=O) groups is 1. The SMILES string of the molecule is Cc1[nH]c(=O)[nH]c(=O)c1CCc1nnc(SCC(=O)Nc2ccc(F)c(F)c2F)o1. The normalized spacial score (nSPS) is 10.9. The Morgan fingerprint density at radius 2 is 1.90 bits per heavy atom. The molecule has 0 unspecified atom stereocenters. The van der Waals surface area contributed by atoms with Gasteiger partial charge in [-0.15, -0.1) is 10.2 Å². The molecule has 1 aromatic carbocycles. The molecule has 0 aliphatic carbocycles. The lowest BCUT2D eigenvalue weighted by Crippen LogP contribution is -2.27. The minimum Gasteiger partial charge on any atom is -0.416 e. The van der Waals surface area contributed by atoms with E-state index in [-0.39, 0.29) is 29.7 Å². The lowest BCUT2D eigenvalue weighted by molar-refractivity contribution is -0.113. The van der Waals surface area contributed by atoms with Gasteiger partial charge < -0.3 is 14.7 Å². The highest BCUT2D eigenvalue weighted by molar-refractivity contribution is 7.99. The second-order valence-electron chi connectivity index (χ2n) is 6.03. The number of aromatic amines is 2. The van der Waals surface area contributed by atoms with Crippen molar-refractivity contribution in [2.45, 2.75) is 25.0 Å². The predicted octanol–water partition coefficient (Wildman–Crippen LogP) is 1.69. The average molecular weight is 441 g/mol. The van der Waals surface area contributed by atoms with Crippen molar-refractivity contribution in [3.63, 3.8) is 0 Å². The van der Waals surface area contributed by atoms with E-state index < -0.39 is 40.3 Å². The van der Waals surface area contributed by atoms with Crippen molar-refractivity contribution in [2.75, 3.05) is 11.1 Å². The molecule has 3 N–H and O–H groups in total. The fourth-order valence-electron chi connectivity index (χ4n) is 2.49. The maximum Gasteiger partial charge on any atom is 0.325 e. The summed E-state index contributed by atoms with van der Waals surface area (Å²) in [5, 5.41) is 9.72. The molecule has 0 spiro atoms. The number of nitrogens with one attached hydrogen (secondary N) is 3. The molecule has 9 nitrogen and oxygen atoms in total. The molecule has 2 aromatic heterocycles. The van der Waals surface area contributed by atoms with Crippen LogP contribution in [0.1, 0.15) is 17.1 Å². The number of rotatable bonds is 7. The number of halogens is 3.